The summed E-state index contributed by atoms with van der Waals surface area (Å²) in [7, 11) is 1.52. The van der Waals surface area contributed by atoms with Crippen molar-refractivity contribution >= 4 is 39.9 Å². The second kappa shape index (κ2) is 10.8. The number of nitrogens with two attached hydrogens (primary N) is 1. The van der Waals surface area contributed by atoms with Crippen LogP contribution in [-0.2, 0) is 14.3 Å². The molecule has 0 aliphatic rings. The van der Waals surface area contributed by atoms with E-state index in [2.05, 4.69) is 32.5 Å². The van der Waals surface area contributed by atoms with Gasteiger partial charge in [-0.25, -0.2) is 9.97 Å². The maximum Gasteiger partial charge on any atom is 0.272 e. The lowest BCUT2D eigenvalue weighted by Gasteiger charge is -2.11. The SMILES string of the molecule is C=CC(=O)Nc1cccc2ccc(-c3ncc(N)c(C(=O)NCC(=O)NCCOC)n3)cc12. The Morgan fingerprint density at radius 3 is 2.76 bits per heavy atom. The van der Waals surface area contributed by atoms with Gasteiger partial charge in [-0.3, -0.25) is 14.4 Å². The van der Waals surface area contributed by atoms with Crippen LogP contribution in [0.3, 0.4) is 0 Å². The number of methoxy groups -OCH3 is 1. The van der Waals surface area contributed by atoms with Gasteiger partial charge in [0.15, 0.2) is 11.5 Å². The first-order chi connectivity index (χ1) is 15.9. The second-order valence-corrected chi connectivity index (χ2v) is 6.96. The van der Waals surface area contributed by atoms with Gasteiger partial charge in [0, 0.05) is 30.3 Å². The van der Waals surface area contributed by atoms with Crippen molar-refractivity contribution in [3.8, 4) is 11.4 Å². The molecule has 0 saturated heterocycles. The van der Waals surface area contributed by atoms with E-state index in [1.165, 1.54) is 19.4 Å². The van der Waals surface area contributed by atoms with Crippen molar-refractivity contribution in [2.24, 2.45) is 0 Å². The first-order valence-corrected chi connectivity index (χ1v) is 10.1. The first-order valence-electron chi connectivity index (χ1n) is 10.1. The number of hydrogen-bond acceptors (Lipinski definition) is 7. The monoisotopic (exact) mass is 448 g/mol. The number of hydrogen-bond donors (Lipinski definition) is 4. The Labute approximate surface area is 190 Å². The predicted octanol–water partition coefficient (Wildman–Crippen LogP) is 1.50. The molecule has 0 spiro atoms. The van der Waals surface area contributed by atoms with Crippen molar-refractivity contribution in [3.05, 3.63) is 60.9 Å². The molecule has 1 heterocycles. The van der Waals surface area contributed by atoms with Gasteiger partial charge in [0.2, 0.25) is 11.8 Å². The van der Waals surface area contributed by atoms with Crippen molar-refractivity contribution in [2.75, 3.05) is 37.9 Å². The van der Waals surface area contributed by atoms with Gasteiger partial charge in [-0.2, -0.15) is 0 Å². The molecule has 3 amide bonds. The van der Waals surface area contributed by atoms with E-state index in [9.17, 15) is 14.4 Å². The van der Waals surface area contributed by atoms with Crippen LogP contribution in [0.5, 0.6) is 0 Å². The highest BCUT2D eigenvalue weighted by atomic mass is 16.5. The van der Waals surface area contributed by atoms with Crippen LogP contribution in [0.4, 0.5) is 11.4 Å². The minimum absolute atomic E-state index is 0.0435. The van der Waals surface area contributed by atoms with Crippen molar-refractivity contribution in [1.82, 2.24) is 20.6 Å². The molecular weight excluding hydrogens is 424 g/mol. The van der Waals surface area contributed by atoms with E-state index in [4.69, 9.17) is 10.5 Å². The number of carbonyl (C=O) groups is 3. The standard InChI is InChI=1S/C23H24N6O4/c1-3-19(30)28-18-6-4-5-14-7-8-15(11-16(14)18)22-26-12-17(24)21(29-22)23(32)27-13-20(31)25-9-10-33-2/h3-8,11-12H,1,9-10,13,24H2,2H3,(H,25,31)(H,27,32)(H,28,30). The molecule has 1 aromatic heterocycles. The van der Waals surface area contributed by atoms with Gasteiger partial charge >= 0.3 is 0 Å². The third-order valence-corrected chi connectivity index (χ3v) is 4.65. The van der Waals surface area contributed by atoms with Crippen LogP contribution in [0.15, 0.2) is 55.3 Å². The number of aromatic nitrogens is 2. The molecule has 0 bridgehead atoms. The Morgan fingerprint density at radius 2 is 2.00 bits per heavy atom. The molecule has 0 radical (unpaired) electrons. The van der Waals surface area contributed by atoms with Crippen molar-refractivity contribution in [3.63, 3.8) is 0 Å². The third-order valence-electron chi connectivity index (χ3n) is 4.65. The molecule has 0 atom stereocenters. The quantitative estimate of drug-likeness (QED) is 0.286. The molecule has 170 valence electrons. The average molecular weight is 448 g/mol. The number of rotatable bonds is 9. The second-order valence-electron chi connectivity index (χ2n) is 6.96. The van der Waals surface area contributed by atoms with Gasteiger partial charge in [0.05, 0.1) is 25.0 Å². The fourth-order valence-corrected chi connectivity index (χ4v) is 3.02. The molecular formula is C23H24N6O4. The first kappa shape index (κ1) is 23.4. The minimum atomic E-state index is -0.599. The summed E-state index contributed by atoms with van der Waals surface area (Å²) in [6, 6.07) is 11.0. The summed E-state index contributed by atoms with van der Waals surface area (Å²) in [4.78, 5) is 44.7. The number of nitrogens with zero attached hydrogens (tertiary/aromatic N) is 2. The van der Waals surface area contributed by atoms with Crippen LogP contribution in [0.1, 0.15) is 10.5 Å². The van der Waals surface area contributed by atoms with Gasteiger partial charge in [-0.15, -0.1) is 0 Å². The number of fused-ring (bicyclic) bond motifs is 1. The van der Waals surface area contributed by atoms with E-state index in [0.29, 0.717) is 24.4 Å². The molecule has 5 N–H and O–H groups in total. The molecule has 0 unspecified atom stereocenters. The van der Waals surface area contributed by atoms with Gasteiger partial charge in [0.25, 0.3) is 5.91 Å². The van der Waals surface area contributed by atoms with Gasteiger partial charge < -0.3 is 26.4 Å². The average Bonchev–Trinajstić information content (AvgIpc) is 2.83. The van der Waals surface area contributed by atoms with Crippen molar-refractivity contribution in [2.45, 2.75) is 0 Å². The molecule has 10 nitrogen and oxygen atoms in total. The predicted molar refractivity (Wildman–Crippen MR) is 125 cm³/mol. The molecule has 10 heteroatoms. The molecule has 0 saturated carbocycles. The van der Waals surface area contributed by atoms with E-state index in [0.717, 1.165) is 10.8 Å². The van der Waals surface area contributed by atoms with Crippen LogP contribution in [-0.4, -0.2) is 54.5 Å². The Kier molecular flexibility index (Phi) is 7.66. The summed E-state index contributed by atoms with van der Waals surface area (Å²) in [6.45, 7) is 3.94. The summed E-state index contributed by atoms with van der Waals surface area (Å²) in [5.41, 5.74) is 7.16. The van der Waals surface area contributed by atoms with Crippen LogP contribution in [0, 0.1) is 0 Å². The lowest BCUT2D eigenvalue weighted by molar-refractivity contribution is -0.120. The Balaban J connectivity index is 1.84. The molecule has 2 aromatic carbocycles. The highest BCUT2D eigenvalue weighted by Gasteiger charge is 2.16. The van der Waals surface area contributed by atoms with Crippen LogP contribution < -0.4 is 21.7 Å². The van der Waals surface area contributed by atoms with E-state index >= 15 is 0 Å². The topological polar surface area (TPSA) is 148 Å². The van der Waals surface area contributed by atoms with E-state index in [1.54, 1.807) is 12.1 Å². The highest BCUT2D eigenvalue weighted by molar-refractivity contribution is 6.06. The van der Waals surface area contributed by atoms with E-state index in [-0.39, 0.29) is 35.6 Å². The number of ether oxygens (including phenoxy) is 1. The van der Waals surface area contributed by atoms with E-state index in [1.807, 2.05) is 24.3 Å². The smallest absolute Gasteiger partial charge is 0.272 e. The number of anilines is 2. The molecule has 3 rings (SSSR count). The van der Waals surface area contributed by atoms with E-state index < -0.39 is 5.91 Å². The van der Waals surface area contributed by atoms with Gasteiger partial charge in [0.1, 0.15) is 0 Å². The zero-order valence-electron chi connectivity index (χ0n) is 18.1. The Bertz CT molecular complexity index is 1210. The molecule has 33 heavy (non-hydrogen) atoms. The van der Waals surface area contributed by atoms with Crippen LogP contribution in [0.2, 0.25) is 0 Å². The molecule has 0 aliphatic carbocycles. The lowest BCUT2D eigenvalue weighted by Crippen LogP contribution is -2.38. The number of nitrogen functional groups attached to an aromatic ring is 1. The zero-order valence-corrected chi connectivity index (χ0v) is 18.1. The third kappa shape index (κ3) is 5.89. The summed E-state index contributed by atoms with van der Waals surface area (Å²) < 4.78 is 4.86. The lowest BCUT2D eigenvalue weighted by atomic mass is 10.0. The van der Waals surface area contributed by atoms with Crippen molar-refractivity contribution in [1.29, 1.82) is 0 Å². The highest BCUT2D eigenvalue weighted by Crippen LogP contribution is 2.28. The maximum absolute atomic E-state index is 12.6. The van der Waals surface area contributed by atoms with Crippen molar-refractivity contribution < 1.29 is 19.1 Å². The number of nitrogens with one attached hydrogen (secondary N) is 3. The maximum atomic E-state index is 12.6. The Morgan fingerprint density at radius 1 is 1.18 bits per heavy atom. The largest absolute Gasteiger partial charge is 0.396 e. The molecule has 3 aromatic rings. The molecule has 0 fully saturated rings. The van der Waals surface area contributed by atoms with Gasteiger partial charge in [-0.05, 0) is 23.6 Å². The Hall–Kier alpha value is -4.31. The fourth-order valence-electron chi connectivity index (χ4n) is 3.02. The summed E-state index contributed by atoms with van der Waals surface area (Å²) >= 11 is 0. The normalized spacial score (nSPS) is 10.5. The number of carbonyl (C=O) groups excluding carboxylic acids is 3. The van der Waals surface area contributed by atoms with Gasteiger partial charge in [-0.1, -0.05) is 30.8 Å². The summed E-state index contributed by atoms with van der Waals surface area (Å²) in [5, 5.41) is 9.53. The van der Waals surface area contributed by atoms with Crippen LogP contribution >= 0.6 is 0 Å². The number of benzene rings is 2. The molecule has 0 aliphatic heterocycles. The van der Waals surface area contributed by atoms with Crippen LogP contribution in [0.25, 0.3) is 22.2 Å². The number of amides is 3. The minimum Gasteiger partial charge on any atom is -0.396 e. The summed E-state index contributed by atoms with van der Waals surface area (Å²) in [5.74, 6) is -1.03. The zero-order chi connectivity index (χ0) is 23.8. The fraction of sp³-hybridized carbons (Fsp3) is 0.174. The summed E-state index contributed by atoms with van der Waals surface area (Å²) in [6.07, 6.45) is 2.53.